The van der Waals surface area contributed by atoms with Gasteiger partial charge in [0.15, 0.2) is 0 Å². The van der Waals surface area contributed by atoms with Gasteiger partial charge in [0.2, 0.25) is 10.0 Å². The first kappa shape index (κ1) is 18.2. The SMILES string of the molecule is COC(=O)c1ccc(S(=O)(=O)N(C(C)C)C2CCCC2)c(Cl)c1. The van der Waals surface area contributed by atoms with Gasteiger partial charge in [-0.3, -0.25) is 0 Å². The molecule has 5 nitrogen and oxygen atoms in total. The van der Waals surface area contributed by atoms with E-state index < -0.39 is 16.0 Å². The average molecular weight is 360 g/mol. The molecule has 2 rings (SSSR count). The molecule has 0 spiro atoms. The molecule has 1 aromatic rings. The number of carbonyl (C=O) groups is 1. The zero-order valence-electron chi connectivity index (χ0n) is 13.6. The van der Waals surface area contributed by atoms with E-state index in [4.69, 9.17) is 11.6 Å². The van der Waals surface area contributed by atoms with Gasteiger partial charge >= 0.3 is 5.97 Å². The van der Waals surface area contributed by atoms with E-state index in [1.807, 2.05) is 13.8 Å². The Labute approximate surface area is 142 Å². The largest absolute Gasteiger partial charge is 0.465 e. The van der Waals surface area contributed by atoms with Crippen molar-refractivity contribution in [2.24, 2.45) is 0 Å². The van der Waals surface area contributed by atoms with Crippen LogP contribution in [0, 0.1) is 0 Å². The number of sulfonamides is 1. The van der Waals surface area contributed by atoms with E-state index in [0.29, 0.717) is 0 Å². The predicted octanol–water partition coefficient (Wildman–Crippen LogP) is 3.47. The number of benzene rings is 1. The molecule has 0 N–H and O–H groups in total. The summed E-state index contributed by atoms with van der Waals surface area (Å²) in [4.78, 5) is 11.6. The van der Waals surface area contributed by atoms with Crippen molar-refractivity contribution < 1.29 is 17.9 Å². The van der Waals surface area contributed by atoms with Crippen molar-refractivity contribution in [1.82, 2.24) is 4.31 Å². The van der Waals surface area contributed by atoms with Gasteiger partial charge in [0, 0.05) is 12.1 Å². The molecule has 128 valence electrons. The Morgan fingerprint density at radius 1 is 1.30 bits per heavy atom. The van der Waals surface area contributed by atoms with E-state index in [1.165, 1.54) is 25.3 Å². The average Bonchev–Trinajstić information content (AvgIpc) is 2.98. The molecule has 0 unspecified atom stereocenters. The van der Waals surface area contributed by atoms with Crippen molar-refractivity contribution in [1.29, 1.82) is 0 Å². The van der Waals surface area contributed by atoms with Crippen LogP contribution in [-0.2, 0) is 14.8 Å². The van der Waals surface area contributed by atoms with Crippen molar-refractivity contribution in [2.75, 3.05) is 7.11 Å². The first-order valence-corrected chi connectivity index (χ1v) is 9.52. The lowest BCUT2D eigenvalue weighted by molar-refractivity contribution is 0.0600. The van der Waals surface area contributed by atoms with Crippen molar-refractivity contribution in [2.45, 2.75) is 56.5 Å². The van der Waals surface area contributed by atoms with Crippen LogP contribution in [0.4, 0.5) is 0 Å². The van der Waals surface area contributed by atoms with Crippen molar-refractivity contribution in [3.63, 3.8) is 0 Å². The lowest BCUT2D eigenvalue weighted by Crippen LogP contribution is -2.43. The first-order valence-electron chi connectivity index (χ1n) is 7.70. The van der Waals surface area contributed by atoms with Crippen LogP contribution < -0.4 is 0 Å². The van der Waals surface area contributed by atoms with Gasteiger partial charge in [0.1, 0.15) is 4.90 Å². The molecule has 0 aromatic heterocycles. The Balaban J connectivity index is 2.43. The van der Waals surface area contributed by atoms with E-state index in [1.54, 1.807) is 4.31 Å². The highest BCUT2D eigenvalue weighted by Crippen LogP contribution is 2.33. The van der Waals surface area contributed by atoms with Crippen LogP contribution in [0.25, 0.3) is 0 Å². The van der Waals surface area contributed by atoms with E-state index in [9.17, 15) is 13.2 Å². The predicted molar refractivity (Wildman–Crippen MR) is 89.2 cm³/mol. The molecule has 1 fully saturated rings. The molecule has 0 saturated heterocycles. The van der Waals surface area contributed by atoms with Gasteiger partial charge < -0.3 is 4.74 Å². The van der Waals surface area contributed by atoms with Crippen LogP contribution in [0.5, 0.6) is 0 Å². The maximum absolute atomic E-state index is 13.1. The fourth-order valence-corrected chi connectivity index (χ4v) is 5.53. The fraction of sp³-hybridized carbons (Fsp3) is 0.562. The Hall–Kier alpha value is -1.11. The molecule has 1 aromatic carbocycles. The van der Waals surface area contributed by atoms with Gasteiger partial charge in [-0.2, -0.15) is 4.31 Å². The zero-order chi connectivity index (χ0) is 17.2. The quantitative estimate of drug-likeness (QED) is 0.755. The van der Waals surface area contributed by atoms with E-state index >= 15 is 0 Å². The summed E-state index contributed by atoms with van der Waals surface area (Å²) in [6.45, 7) is 3.74. The number of rotatable bonds is 5. The molecule has 1 aliphatic carbocycles. The molecule has 0 atom stereocenters. The smallest absolute Gasteiger partial charge is 0.337 e. The summed E-state index contributed by atoms with van der Waals surface area (Å²) < 4.78 is 32.3. The minimum Gasteiger partial charge on any atom is -0.465 e. The molecular formula is C16H22ClNO4S. The summed E-state index contributed by atoms with van der Waals surface area (Å²) in [5.41, 5.74) is 0.230. The van der Waals surface area contributed by atoms with Gasteiger partial charge in [-0.25, -0.2) is 13.2 Å². The summed E-state index contributed by atoms with van der Waals surface area (Å²) in [6.07, 6.45) is 3.82. The molecular weight excluding hydrogens is 338 g/mol. The van der Waals surface area contributed by atoms with Crippen molar-refractivity contribution >= 4 is 27.6 Å². The number of nitrogens with zero attached hydrogens (tertiary/aromatic N) is 1. The van der Waals surface area contributed by atoms with Gasteiger partial charge in [-0.05, 0) is 44.9 Å². The maximum Gasteiger partial charge on any atom is 0.337 e. The molecule has 1 aliphatic rings. The van der Waals surface area contributed by atoms with E-state index in [2.05, 4.69) is 4.74 Å². The molecule has 7 heteroatoms. The highest BCUT2D eigenvalue weighted by molar-refractivity contribution is 7.89. The molecule has 23 heavy (non-hydrogen) atoms. The van der Waals surface area contributed by atoms with Gasteiger partial charge in [-0.15, -0.1) is 0 Å². The number of carbonyl (C=O) groups excluding carboxylic acids is 1. The van der Waals surface area contributed by atoms with Crippen LogP contribution in [0.15, 0.2) is 23.1 Å². The van der Waals surface area contributed by atoms with Crippen LogP contribution in [0.2, 0.25) is 5.02 Å². The number of methoxy groups -OCH3 is 1. The normalized spacial score (nSPS) is 16.3. The highest BCUT2D eigenvalue weighted by atomic mass is 35.5. The van der Waals surface area contributed by atoms with Crippen LogP contribution in [0.1, 0.15) is 49.9 Å². The molecule has 0 heterocycles. The standard InChI is InChI=1S/C16H22ClNO4S/c1-11(2)18(13-6-4-5-7-13)23(20,21)15-9-8-12(10-14(15)17)16(19)22-3/h8-11,13H,4-7H2,1-3H3. The molecule has 1 saturated carbocycles. The minimum atomic E-state index is -3.71. The van der Waals surface area contributed by atoms with Crippen LogP contribution in [-0.4, -0.2) is 37.9 Å². The Morgan fingerprint density at radius 2 is 1.91 bits per heavy atom. The van der Waals surface area contributed by atoms with Crippen molar-refractivity contribution in [3.05, 3.63) is 28.8 Å². The monoisotopic (exact) mass is 359 g/mol. The minimum absolute atomic E-state index is 0.0105. The third kappa shape index (κ3) is 3.70. The van der Waals surface area contributed by atoms with Crippen LogP contribution in [0.3, 0.4) is 0 Å². The third-order valence-corrected chi connectivity index (χ3v) is 6.71. The van der Waals surface area contributed by atoms with Crippen LogP contribution >= 0.6 is 11.6 Å². The highest BCUT2D eigenvalue weighted by Gasteiger charge is 2.36. The van der Waals surface area contributed by atoms with E-state index in [-0.39, 0.29) is 27.6 Å². The third-order valence-electron chi connectivity index (χ3n) is 4.10. The van der Waals surface area contributed by atoms with Crippen molar-refractivity contribution in [3.8, 4) is 0 Å². The fourth-order valence-electron chi connectivity index (χ4n) is 3.12. The summed E-state index contributed by atoms with van der Waals surface area (Å²) in [7, 11) is -2.45. The molecule has 0 aliphatic heterocycles. The lowest BCUT2D eigenvalue weighted by Gasteiger charge is -2.31. The molecule has 0 radical (unpaired) electrons. The summed E-state index contributed by atoms with van der Waals surface area (Å²) in [5, 5.41) is 0.0385. The Bertz CT molecular complexity index is 681. The zero-order valence-corrected chi connectivity index (χ0v) is 15.2. The number of hydrogen-bond donors (Lipinski definition) is 0. The lowest BCUT2D eigenvalue weighted by atomic mass is 10.2. The summed E-state index contributed by atoms with van der Waals surface area (Å²) in [6, 6.07) is 4.01. The number of halogens is 1. The molecule has 0 bridgehead atoms. The Kier molecular flexibility index (Phi) is 5.70. The first-order chi connectivity index (χ1) is 10.8. The Morgan fingerprint density at radius 3 is 2.39 bits per heavy atom. The van der Waals surface area contributed by atoms with E-state index in [0.717, 1.165) is 25.7 Å². The number of ether oxygens (including phenoxy) is 1. The van der Waals surface area contributed by atoms with Gasteiger partial charge in [-0.1, -0.05) is 24.4 Å². The second-order valence-electron chi connectivity index (χ2n) is 6.00. The second kappa shape index (κ2) is 7.20. The maximum atomic E-state index is 13.1. The topological polar surface area (TPSA) is 63.7 Å². The molecule has 0 amide bonds. The number of hydrogen-bond acceptors (Lipinski definition) is 4. The van der Waals surface area contributed by atoms with Gasteiger partial charge in [0.25, 0.3) is 0 Å². The summed E-state index contributed by atoms with van der Waals surface area (Å²) in [5.74, 6) is -0.549. The number of esters is 1. The second-order valence-corrected chi connectivity index (χ2v) is 8.22. The summed E-state index contributed by atoms with van der Waals surface area (Å²) >= 11 is 6.16. The van der Waals surface area contributed by atoms with Gasteiger partial charge in [0.05, 0.1) is 17.7 Å².